The molecule has 0 saturated heterocycles. The van der Waals surface area contributed by atoms with E-state index in [0.29, 0.717) is 0 Å². The third-order valence-electron chi connectivity index (χ3n) is 5.23. The van der Waals surface area contributed by atoms with Gasteiger partial charge in [-0.2, -0.15) is 0 Å². The molecule has 0 aliphatic rings. The van der Waals surface area contributed by atoms with Crippen LogP contribution < -0.4 is 0 Å². The number of hydrogen-bond acceptors (Lipinski definition) is 0. The highest BCUT2D eigenvalue weighted by Gasteiger charge is 2.15. The van der Waals surface area contributed by atoms with Crippen LogP contribution in [0.25, 0.3) is 22.3 Å². The first kappa shape index (κ1) is 21.3. The van der Waals surface area contributed by atoms with Gasteiger partial charge in [0.1, 0.15) is 0 Å². The number of benzene rings is 3. The maximum Gasteiger partial charge on any atom is 0.0260 e. The van der Waals surface area contributed by atoms with Crippen LogP contribution >= 0.6 is 31.9 Å². The van der Waals surface area contributed by atoms with Gasteiger partial charge >= 0.3 is 0 Å². The van der Waals surface area contributed by atoms with Crippen molar-refractivity contribution in [2.45, 2.75) is 52.4 Å². The molecule has 0 atom stereocenters. The molecule has 0 spiro atoms. The summed E-state index contributed by atoms with van der Waals surface area (Å²) in [6.07, 6.45) is 7.27. The maximum atomic E-state index is 3.80. The SMILES string of the molecule is CCCCc1ccc(-c2c(Br)ccc(Br)c2-c2ccc(CCCC)cc2)cc1. The maximum absolute atomic E-state index is 3.80. The first-order valence-electron chi connectivity index (χ1n) is 10.3. The van der Waals surface area contributed by atoms with Crippen LogP contribution in [0.1, 0.15) is 50.7 Å². The molecule has 0 radical (unpaired) electrons. The highest BCUT2D eigenvalue weighted by molar-refractivity contribution is 9.11. The van der Waals surface area contributed by atoms with Gasteiger partial charge in [0.2, 0.25) is 0 Å². The summed E-state index contributed by atoms with van der Waals surface area (Å²) in [5, 5.41) is 0. The number of hydrogen-bond donors (Lipinski definition) is 0. The fraction of sp³-hybridized carbons (Fsp3) is 0.308. The Labute approximate surface area is 186 Å². The highest BCUT2D eigenvalue weighted by Crippen LogP contribution is 2.42. The average Bonchev–Trinajstić information content (AvgIpc) is 2.73. The predicted octanol–water partition coefficient (Wildman–Crippen LogP) is 9.23. The lowest BCUT2D eigenvalue weighted by Gasteiger charge is -2.16. The van der Waals surface area contributed by atoms with Crippen molar-refractivity contribution in [3.05, 3.63) is 80.7 Å². The van der Waals surface area contributed by atoms with Crippen LogP contribution in [-0.2, 0) is 12.8 Å². The molecule has 0 aliphatic carbocycles. The van der Waals surface area contributed by atoms with Gasteiger partial charge in [-0.25, -0.2) is 0 Å². The van der Waals surface area contributed by atoms with E-state index in [9.17, 15) is 0 Å². The van der Waals surface area contributed by atoms with Gasteiger partial charge in [-0.1, -0.05) is 107 Å². The zero-order valence-corrected chi connectivity index (χ0v) is 19.9. The van der Waals surface area contributed by atoms with E-state index in [1.807, 2.05) is 0 Å². The Morgan fingerprint density at radius 2 is 0.893 bits per heavy atom. The molecule has 3 rings (SSSR count). The van der Waals surface area contributed by atoms with E-state index in [1.165, 1.54) is 59.1 Å². The Kier molecular flexibility index (Phi) is 7.93. The van der Waals surface area contributed by atoms with Gasteiger partial charge in [-0.15, -0.1) is 0 Å². The molecule has 0 aliphatic heterocycles. The monoisotopic (exact) mass is 498 g/mol. The van der Waals surface area contributed by atoms with E-state index >= 15 is 0 Å². The van der Waals surface area contributed by atoms with Crippen molar-refractivity contribution in [1.82, 2.24) is 0 Å². The first-order valence-corrected chi connectivity index (χ1v) is 11.9. The zero-order chi connectivity index (χ0) is 19.9. The van der Waals surface area contributed by atoms with Crippen molar-refractivity contribution in [3.63, 3.8) is 0 Å². The molecule has 3 aromatic rings. The van der Waals surface area contributed by atoms with Crippen LogP contribution in [-0.4, -0.2) is 0 Å². The van der Waals surface area contributed by atoms with E-state index in [2.05, 4.69) is 106 Å². The van der Waals surface area contributed by atoms with E-state index in [1.54, 1.807) is 0 Å². The molecule has 0 saturated carbocycles. The number of unbranched alkanes of at least 4 members (excludes halogenated alkanes) is 2. The zero-order valence-electron chi connectivity index (χ0n) is 16.8. The summed E-state index contributed by atoms with van der Waals surface area (Å²) in [7, 11) is 0. The minimum Gasteiger partial charge on any atom is -0.0654 e. The summed E-state index contributed by atoms with van der Waals surface area (Å²) in [4.78, 5) is 0. The lowest BCUT2D eigenvalue weighted by molar-refractivity contribution is 0.795. The fourth-order valence-corrected chi connectivity index (χ4v) is 4.67. The molecular weight excluding hydrogens is 472 g/mol. The van der Waals surface area contributed by atoms with Crippen LogP contribution in [0.15, 0.2) is 69.6 Å². The van der Waals surface area contributed by atoms with E-state index in [4.69, 9.17) is 0 Å². The third-order valence-corrected chi connectivity index (χ3v) is 6.55. The Morgan fingerprint density at radius 3 is 1.21 bits per heavy atom. The van der Waals surface area contributed by atoms with E-state index in [0.717, 1.165) is 21.8 Å². The lowest BCUT2D eigenvalue weighted by atomic mass is 9.93. The molecule has 146 valence electrons. The van der Waals surface area contributed by atoms with Gasteiger partial charge < -0.3 is 0 Å². The Hall–Kier alpha value is -1.38. The van der Waals surface area contributed by atoms with Gasteiger partial charge in [0, 0.05) is 20.1 Å². The van der Waals surface area contributed by atoms with Gasteiger partial charge in [0.05, 0.1) is 0 Å². The summed E-state index contributed by atoms with van der Waals surface area (Å²) in [5.41, 5.74) is 7.82. The Bertz CT molecular complexity index is 816. The van der Waals surface area contributed by atoms with E-state index in [-0.39, 0.29) is 0 Å². The van der Waals surface area contributed by atoms with Crippen LogP contribution in [0.5, 0.6) is 0 Å². The summed E-state index contributed by atoms with van der Waals surface area (Å²) in [6.45, 7) is 4.49. The van der Waals surface area contributed by atoms with Crippen molar-refractivity contribution >= 4 is 31.9 Å². The second kappa shape index (κ2) is 10.4. The third kappa shape index (κ3) is 5.15. The van der Waals surface area contributed by atoms with Crippen molar-refractivity contribution < 1.29 is 0 Å². The quantitative estimate of drug-likeness (QED) is 0.289. The summed E-state index contributed by atoms with van der Waals surface area (Å²) in [5.74, 6) is 0. The summed E-state index contributed by atoms with van der Waals surface area (Å²) < 4.78 is 2.25. The van der Waals surface area contributed by atoms with E-state index < -0.39 is 0 Å². The van der Waals surface area contributed by atoms with Gasteiger partial charge in [0.15, 0.2) is 0 Å². The average molecular weight is 500 g/mol. The first-order chi connectivity index (χ1) is 13.6. The number of aryl methyl sites for hydroxylation is 2. The minimum atomic E-state index is 1.13. The Morgan fingerprint density at radius 1 is 0.536 bits per heavy atom. The van der Waals surface area contributed by atoms with Crippen molar-refractivity contribution in [2.75, 3.05) is 0 Å². The number of rotatable bonds is 8. The molecule has 0 heterocycles. The largest absolute Gasteiger partial charge is 0.0654 e. The number of halogens is 2. The van der Waals surface area contributed by atoms with Crippen LogP contribution in [0.3, 0.4) is 0 Å². The topological polar surface area (TPSA) is 0 Å². The van der Waals surface area contributed by atoms with Gasteiger partial charge in [-0.3, -0.25) is 0 Å². The molecule has 0 amide bonds. The Balaban J connectivity index is 1.99. The van der Waals surface area contributed by atoms with Crippen LogP contribution in [0.4, 0.5) is 0 Å². The highest BCUT2D eigenvalue weighted by atomic mass is 79.9. The summed E-state index contributed by atoms with van der Waals surface area (Å²) >= 11 is 7.61. The molecular formula is C26H28Br2. The van der Waals surface area contributed by atoms with Crippen LogP contribution in [0, 0.1) is 0 Å². The molecule has 0 unspecified atom stereocenters. The minimum absolute atomic E-state index is 1.13. The van der Waals surface area contributed by atoms with Gasteiger partial charge in [0.25, 0.3) is 0 Å². The van der Waals surface area contributed by atoms with Gasteiger partial charge in [-0.05, 0) is 60.1 Å². The molecule has 28 heavy (non-hydrogen) atoms. The second-order valence-electron chi connectivity index (χ2n) is 7.38. The normalized spacial score (nSPS) is 11.0. The smallest absolute Gasteiger partial charge is 0.0260 e. The molecule has 0 fully saturated rings. The predicted molar refractivity (Wildman–Crippen MR) is 130 cm³/mol. The molecule has 2 heteroatoms. The van der Waals surface area contributed by atoms with Crippen LogP contribution in [0.2, 0.25) is 0 Å². The fourth-order valence-electron chi connectivity index (χ4n) is 3.55. The molecule has 3 aromatic carbocycles. The standard InChI is InChI=1S/C26H28Br2/c1-3-5-7-19-9-13-21(14-10-19)25-23(27)17-18-24(28)26(25)22-15-11-20(12-16-22)8-6-4-2/h9-18H,3-8H2,1-2H3. The molecule has 0 bridgehead atoms. The molecule has 0 nitrogen and oxygen atoms in total. The van der Waals surface area contributed by atoms with Crippen molar-refractivity contribution in [2.24, 2.45) is 0 Å². The van der Waals surface area contributed by atoms with Crippen molar-refractivity contribution in [3.8, 4) is 22.3 Å². The lowest BCUT2D eigenvalue weighted by Crippen LogP contribution is -1.91. The molecule has 0 aromatic heterocycles. The second-order valence-corrected chi connectivity index (χ2v) is 9.09. The molecule has 0 N–H and O–H groups in total. The van der Waals surface area contributed by atoms with Crippen molar-refractivity contribution in [1.29, 1.82) is 0 Å². The summed E-state index contributed by atoms with van der Waals surface area (Å²) in [6, 6.07) is 22.4.